The molecule has 1 spiro atoms. The first-order valence-electron chi connectivity index (χ1n) is 14.8. The molecule has 6 atom stereocenters. The quantitative estimate of drug-likeness (QED) is 0.289. The highest BCUT2D eigenvalue weighted by molar-refractivity contribution is 6.05. The van der Waals surface area contributed by atoms with E-state index in [0.29, 0.717) is 30.6 Å². The standard InChI is InChI=1S/C35H33N3O5/c39-21-27(19-22-9-3-1-4-10-22)38-31(33(41)37-26-16-15-23-11-7-8-12-24(23)20-26)35-18-17-28(43-35)29(30(35)34(38)42)32(40)36-25-13-5-2-6-14-25/h1-16,20,27-31,39H,17-19,21H2,(H,36,40)(H,37,41)/t27-,28-,29+,30+,31?,35?/m1/s1. The number of ether oxygens (including phenoxy) is 1. The number of hydrogen-bond donors (Lipinski definition) is 3. The Hall–Kier alpha value is -4.53. The molecule has 0 aromatic heterocycles. The van der Waals surface area contributed by atoms with E-state index in [9.17, 15) is 19.5 Å². The van der Waals surface area contributed by atoms with Crippen molar-refractivity contribution in [2.24, 2.45) is 11.8 Å². The Labute approximate surface area is 249 Å². The van der Waals surface area contributed by atoms with Crippen molar-refractivity contribution < 1.29 is 24.2 Å². The lowest BCUT2D eigenvalue weighted by Gasteiger charge is -2.36. The van der Waals surface area contributed by atoms with E-state index >= 15 is 0 Å². The van der Waals surface area contributed by atoms with Crippen LogP contribution in [0.4, 0.5) is 11.4 Å². The number of benzene rings is 4. The molecule has 2 unspecified atom stereocenters. The molecule has 3 fully saturated rings. The summed E-state index contributed by atoms with van der Waals surface area (Å²) in [5.41, 5.74) is 0.993. The molecule has 3 aliphatic heterocycles. The molecule has 0 radical (unpaired) electrons. The first-order valence-corrected chi connectivity index (χ1v) is 14.8. The van der Waals surface area contributed by atoms with Gasteiger partial charge in [-0.3, -0.25) is 14.4 Å². The van der Waals surface area contributed by atoms with Crippen molar-refractivity contribution in [1.82, 2.24) is 4.90 Å². The highest BCUT2D eigenvalue weighted by atomic mass is 16.5. The number of carbonyl (C=O) groups excluding carboxylic acids is 3. The van der Waals surface area contributed by atoms with Gasteiger partial charge in [-0.05, 0) is 59.9 Å². The van der Waals surface area contributed by atoms with Gasteiger partial charge in [0.2, 0.25) is 17.7 Å². The zero-order chi connectivity index (χ0) is 29.6. The predicted octanol–water partition coefficient (Wildman–Crippen LogP) is 4.40. The number of aliphatic hydroxyl groups excluding tert-OH is 1. The molecule has 218 valence electrons. The molecule has 0 saturated carbocycles. The number of likely N-dealkylation sites (tertiary alicyclic amines) is 1. The topological polar surface area (TPSA) is 108 Å². The molecule has 0 aliphatic carbocycles. The van der Waals surface area contributed by atoms with Crippen molar-refractivity contribution in [3.63, 3.8) is 0 Å². The second-order valence-corrected chi connectivity index (χ2v) is 11.7. The lowest BCUT2D eigenvalue weighted by molar-refractivity contribution is -0.143. The Morgan fingerprint density at radius 3 is 2.28 bits per heavy atom. The fourth-order valence-corrected chi connectivity index (χ4v) is 7.45. The number of hydrogen-bond acceptors (Lipinski definition) is 5. The van der Waals surface area contributed by atoms with Gasteiger partial charge in [-0.25, -0.2) is 0 Å². The van der Waals surface area contributed by atoms with Crippen LogP contribution in [0.2, 0.25) is 0 Å². The average molecular weight is 576 g/mol. The molecular formula is C35H33N3O5. The molecule has 43 heavy (non-hydrogen) atoms. The van der Waals surface area contributed by atoms with Crippen LogP contribution in [0.1, 0.15) is 18.4 Å². The molecule has 3 heterocycles. The molecule has 8 nitrogen and oxygen atoms in total. The number of nitrogens with zero attached hydrogens (tertiary/aromatic N) is 1. The number of para-hydroxylation sites is 1. The number of carbonyl (C=O) groups is 3. The van der Waals surface area contributed by atoms with Crippen molar-refractivity contribution in [2.75, 3.05) is 17.2 Å². The van der Waals surface area contributed by atoms with Gasteiger partial charge in [-0.2, -0.15) is 0 Å². The highest BCUT2D eigenvalue weighted by Gasteiger charge is 2.75. The molecule has 7 rings (SSSR count). The monoisotopic (exact) mass is 575 g/mol. The van der Waals surface area contributed by atoms with Gasteiger partial charge in [0.1, 0.15) is 11.6 Å². The Kier molecular flexibility index (Phi) is 6.95. The molecule has 2 bridgehead atoms. The minimum absolute atomic E-state index is 0.296. The summed E-state index contributed by atoms with van der Waals surface area (Å²) in [6.45, 7) is -0.340. The van der Waals surface area contributed by atoms with Crippen molar-refractivity contribution in [3.05, 3.63) is 109 Å². The van der Waals surface area contributed by atoms with E-state index in [1.165, 1.54) is 4.90 Å². The smallest absolute Gasteiger partial charge is 0.250 e. The van der Waals surface area contributed by atoms with Crippen LogP contribution in [-0.2, 0) is 25.5 Å². The van der Waals surface area contributed by atoms with Gasteiger partial charge in [-0.1, -0.05) is 78.9 Å². The molecule has 4 aromatic carbocycles. The lowest BCUT2D eigenvalue weighted by atomic mass is 9.70. The van der Waals surface area contributed by atoms with Crippen molar-refractivity contribution in [2.45, 2.75) is 43.1 Å². The maximum Gasteiger partial charge on any atom is 0.250 e. The van der Waals surface area contributed by atoms with Gasteiger partial charge in [0, 0.05) is 11.4 Å². The Bertz CT molecular complexity index is 1680. The fourth-order valence-electron chi connectivity index (χ4n) is 7.45. The molecule has 8 heteroatoms. The van der Waals surface area contributed by atoms with Crippen LogP contribution in [0.5, 0.6) is 0 Å². The molecule has 3 N–H and O–H groups in total. The maximum atomic E-state index is 14.4. The fraction of sp³-hybridized carbons (Fsp3) is 0.286. The summed E-state index contributed by atoms with van der Waals surface area (Å²) in [7, 11) is 0. The van der Waals surface area contributed by atoms with Crippen molar-refractivity contribution in [3.8, 4) is 0 Å². The first kappa shape index (κ1) is 27.3. The number of amides is 3. The van der Waals surface area contributed by atoms with Crippen LogP contribution in [0.25, 0.3) is 10.8 Å². The summed E-state index contributed by atoms with van der Waals surface area (Å²) >= 11 is 0. The zero-order valence-electron chi connectivity index (χ0n) is 23.6. The van der Waals surface area contributed by atoms with Gasteiger partial charge in [0.25, 0.3) is 0 Å². The molecule has 3 aliphatic rings. The van der Waals surface area contributed by atoms with E-state index in [4.69, 9.17) is 4.74 Å². The summed E-state index contributed by atoms with van der Waals surface area (Å²) in [6.07, 6.45) is 0.916. The summed E-state index contributed by atoms with van der Waals surface area (Å²) in [5.74, 6) is -2.60. The van der Waals surface area contributed by atoms with Crippen LogP contribution in [0.3, 0.4) is 0 Å². The van der Waals surface area contributed by atoms with Crippen LogP contribution in [0, 0.1) is 11.8 Å². The summed E-state index contributed by atoms with van der Waals surface area (Å²) < 4.78 is 6.58. The highest BCUT2D eigenvalue weighted by Crippen LogP contribution is 2.59. The van der Waals surface area contributed by atoms with E-state index in [1.807, 2.05) is 91.0 Å². The number of fused-ring (bicyclic) bond motifs is 2. The lowest BCUT2D eigenvalue weighted by Crippen LogP contribution is -2.56. The minimum atomic E-state index is -1.18. The minimum Gasteiger partial charge on any atom is -0.394 e. The van der Waals surface area contributed by atoms with E-state index < -0.39 is 35.6 Å². The SMILES string of the molecule is O=C(Nc1ccc2ccccc2c1)C1N([C@@H](CO)Cc2ccccc2)C(=O)[C@@H]2[C@@H](C(=O)Nc3ccccc3)[C@H]3CCC12O3. The van der Waals surface area contributed by atoms with Gasteiger partial charge < -0.3 is 25.4 Å². The third kappa shape index (κ3) is 4.67. The Balaban J connectivity index is 1.25. The van der Waals surface area contributed by atoms with Gasteiger partial charge in [0.05, 0.1) is 30.6 Å². The number of nitrogens with one attached hydrogen (secondary N) is 2. The molecule has 3 saturated heterocycles. The molecule has 3 amide bonds. The van der Waals surface area contributed by atoms with Crippen LogP contribution < -0.4 is 10.6 Å². The first-order chi connectivity index (χ1) is 21.0. The second-order valence-electron chi connectivity index (χ2n) is 11.7. The van der Waals surface area contributed by atoms with Gasteiger partial charge in [0.15, 0.2) is 0 Å². The van der Waals surface area contributed by atoms with E-state index in [2.05, 4.69) is 10.6 Å². The third-order valence-electron chi connectivity index (χ3n) is 9.27. The summed E-state index contributed by atoms with van der Waals surface area (Å²) in [4.78, 5) is 44.0. The molecule has 4 aromatic rings. The van der Waals surface area contributed by atoms with Gasteiger partial charge in [-0.15, -0.1) is 0 Å². The second kappa shape index (κ2) is 10.9. The summed E-state index contributed by atoms with van der Waals surface area (Å²) in [6, 6.07) is 30.6. The Morgan fingerprint density at radius 1 is 0.860 bits per heavy atom. The Morgan fingerprint density at radius 2 is 1.53 bits per heavy atom. The third-order valence-corrected chi connectivity index (χ3v) is 9.27. The van der Waals surface area contributed by atoms with E-state index in [0.717, 1.165) is 16.3 Å². The summed E-state index contributed by atoms with van der Waals surface area (Å²) in [5, 5.41) is 18.7. The number of anilines is 2. The normalized spacial score (nSPS) is 26.3. The maximum absolute atomic E-state index is 14.4. The van der Waals surface area contributed by atoms with Crippen LogP contribution >= 0.6 is 0 Å². The average Bonchev–Trinajstić information content (AvgIpc) is 3.68. The van der Waals surface area contributed by atoms with E-state index in [-0.39, 0.29) is 24.3 Å². The van der Waals surface area contributed by atoms with Gasteiger partial charge >= 0.3 is 0 Å². The van der Waals surface area contributed by atoms with Crippen LogP contribution in [-0.4, -0.2) is 58.1 Å². The van der Waals surface area contributed by atoms with E-state index in [1.54, 1.807) is 12.1 Å². The number of aliphatic hydroxyl groups is 1. The van der Waals surface area contributed by atoms with Crippen molar-refractivity contribution in [1.29, 1.82) is 0 Å². The largest absolute Gasteiger partial charge is 0.394 e. The molecular weight excluding hydrogens is 542 g/mol. The zero-order valence-corrected chi connectivity index (χ0v) is 23.6. The van der Waals surface area contributed by atoms with Crippen molar-refractivity contribution >= 4 is 39.9 Å². The van der Waals surface area contributed by atoms with Crippen LogP contribution in [0.15, 0.2) is 103 Å². The predicted molar refractivity (Wildman–Crippen MR) is 163 cm³/mol. The number of rotatable bonds is 8.